The van der Waals surface area contributed by atoms with Gasteiger partial charge in [0.05, 0.1) is 0 Å². The summed E-state index contributed by atoms with van der Waals surface area (Å²) < 4.78 is 0. The summed E-state index contributed by atoms with van der Waals surface area (Å²) in [7, 11) is 0. The minimum Gasteiger partial charge on any atom is -0.330 e. The highest BCUT2D eigenvalue weighted by Gasteiger charge is 2.15. The maximum atomic E-state index is 12.1. The number of nitrogens with one attached hydrogen (secondary N) is 1. The Kier molecular flexibility index (Phi) is 5.18. The van der Waals surface area contributed by atoms with E-state index in [9.17, 15) is 4.79 Å². The number of benzene rings is 1. The molecule has 0 aliphatic heterocycles. The van der Waals surface area contributed by atoms with E-state index in [2.05, 4.69) is 31.3 Å². The molecule has 2 rings (SSSR count). The van der Waals surface area contributed by atoms with Gasteiger partial charge in [-0.05, 0) is 67.3 Å². The van der Waals surface area contributed by atoms with Crippen LogP contribution in [0.5, 0.6) is 0 Å². The van der Waals surface area contributed by atoms with Gasteiger partial charge in [-0.3, -0.25) is 4.79 Å². The number of carbonyl (C=O) groups is 1. The fourth-order valence-electron chi connectivity index (χ4n) is 3.05. The maximum absolute atomic E-state index is 12.1. The fraction of sp³-hybridized carbons (Fsp3) is 0.588. The van der Waals surface area contributed by atoms with Crippen molar-refractivity contribution >= 4 is 11.6 Å². The molecule has 110 valence electrons. The predicted octanol–water partition coefficient (Wildman–Crippen LogP) is 3.12. The van der Waals surface area contributed by atoms with E-state index in [-0.39, 0.29) is 11.8 Å². The molecule has 0 fully saturated rings. The monoisotopic (exact) mass is 274 g/mol. The molecule has 0 radical (unpaired) electrons. The van der Waals surface area contributed by atoms with Crippen LogP contribution in [0.25, 0.3) is 0 Å². The number of anilines is 1. The first-order valence-corrected chi connectivity index (χ1v) is 7.70. The van der Waals surface area contributed by atoms with Crippen molar-refractivity contribution < 1.29 is 4.79 Å². The van der Waals surface area contributed by atoms with Crippen LogP contribution < -0.4 is 11.1 Å². The van der Waals surface area contributed by atoms with Crippen LogP contribution >= 0.6 is 0 Å². The molecule has 0 aromatic heterocycles. The summed E-state index contributed by atoms with van der Waals surface area (Å²) >= 11 is 0. The zero-order valence-electron chi connectivity index (χ0n) is 12.6. The van der Waals surface area contributed by atoms with Crippen LogP contribution in [0.4, 0.5) is 5.69 Å². The number of hydrogen-bond acceptors (Lipinski definition) is 2. The number of hydrogen-bond donors (Lipinski definition) is 2. The van der Waals surface area contributed by atoms with Gasteiger partial charge in [-0.15, -0.1) is 0 Å². The molecule has 1 atom stereocenters. The molecule has 1 amide bonds. The number of aryl methyl sites for hydroxylation is 2. The summed E-state index contributed by atoms with van der Waals surface area (Å²) in [6.07, 6.45) is 5.07. The lowest BCUT2D eigenvalue weighted by atomic mass is 9.94. The SMILES string of the molecule is CC(C)CC(CN)CC(=O)Nc1ccc2c(c1)CCC2. The van der Waals surface area contributed by atoms with Crippen LogP contribution in [0, 0.1) is 11.8 Å². The molecule has 1 aromatic rings. The lowest BCUT2D eigenvalue weighted by Crippen LogP contribution is -2.23. The molecule has 1 aliphatic carbocycles. The third-order valence-electron chi connectivity index (χ3n) is 3.99. The molecule has 1 unspecified atom stereocenters. The van der Waals surface area contributed by atoms with Gasteiger partial charge in [0.25, 0.3) is 0 Å². The highest BCUT2D eigenvalue weighted by Crippen LogP contribution is 2.25. The second-order valence-electron chi connectivity index (χ2n) is 6.32. The molecule has 1 aromatic carbocycles. The molecule has 0 bridgehead atoms. The summed E-state index contributed by atoms with van der Waals surface area (Å²) in [4.78, 5) is 12.1. The Hall–Kier alpha value is -1.35. The Morgan fingerprint density at radius 3 is 2.75 bits per heavy atom. The third-order valence-corrected chi connectivity index (χ3v) is 3.99. The van der Waals surface area contributed by atoms with Crippen molar-refractivity contribution in [2.24, 2.45) is 17.6 Å². The van der Waals surface area contributed by atoms with Gasteiger partial charge in [0.15, 0.2) is 0 Å². The summed E-state index contributed by atoms with van der Waals surface area (Å²) in [6.45, 7) is 4.91. The minimum atomic E-state index is 0.0825. The van der Waals surface area contributed by atoms with Crippen molar-refractivity contribution in [1.29, 1.82) is 0 Å². The van der Waals surface area contributed by atoms with Crippen molar-refractivity contribution in [3.05, 3.63) is 29.3 Å². The molecule has 3 nitrogen and oxygen atoms in total. The molecule has 0 saturated carbocycles. The van der Waals surface area contributed by atoms with Gasteiger partial charge in [-0.25, -0.2) is 0 Å². The summed E-state index contributed by atoms with van der Waals surface area (Å²) in [6, 6.07) is 6.29. The van der Waals surface area contributed by atoms with Crippen molar-refractivity contribution in [3.8, 4) is 0 Å². The van der Waals surface area contributed by atoms with E-state index in [1.54, 1.807) is 0 Å². The first-order valence-electron chi connectivity index (χ1n) is 7.70. The van der Waals surface area contributed by atoms with Crippen LogP contribution in [0.2, 0.25) is 0 Å². The first kappa shape index (κ1) is 15.0. The minimum absolute atomic E-state index is 0.0825. The van der Waals surface area contributed by atoms with E-state index in [1.165, 1.54) is 24.0 Å². The Bertz CT molecular complexity index is 468. The number of rotatable bonds is 6. The van der Waals surface area contributed by atoms with Crippen molar-refractivity contribution in [1.82, 2.24) is 0 Å². The molecule has 20 heavy (non-hydrogen) atoms. The van der Waals surface area contributed by atoms with Gasteiger partial charge in [-0.2, -0.15) is 0 Å². The van der Waals surface area contributed by atoms with E-state index in [4.69, 9.17) is 5.73 Å². The van der Waals surface area contributed by atoms with E-state index in [0.717, 1.165) is 18.5 Å². The molecule has 3 N–H and O–H groups in total. The zero-order chi connectivity index (χ0) is 14.5. The molecule has 0 heterocycles. The Morgan fingerprint density at radius 2 is 2.05 bits per heavy atom. The normalized spacial score (nSPS) is 15.2. The zero-order valence-corrected chi connectivity index (χ0v) is 12.6. The third kappa shape index (κ3) is 4.07. The summed E-state index contributed by atoms with van der Waals surface area (Å²) in [5.74, 6) is 0.944. The van der Waals surface area contributed by atoms with Gasteiger partial charge >= 0.3 is 0 Å². The molecule has 1 aliphatic rings. The van der Waals surface area contributed by atoms with Gasteiger partial charge in [-0.1, -0.05) is 19.9 Å². The summed E-state index contributed by atoms with van der Waals surface area (Å²) in [5, 5.41) is 3.02. The average Bonchev–Trinajstić information content (AvgIpc) is 2.84. The van der Waals surface area contributed by atoms with Gasteiger partial charge in [0.1, 0.15) is 0 Å². The molecule has 0 spiro atoms. The van der Waals surface area contributed by atoms with Crippen molar-refractivity contribution in [2.75, 3.05) is 11.9 Å². The van der Waals surface area contributed by atoms with E-state index < -0.39 is 0 Å². The second-order valence-corrected chi connectivity index (χ2v) is 6.32. The van der Waals surface area contributed by atoms with Crippen molar-refractivity contribution in [2.45, 2.75) is 46.0 Å². The predicted molar refractivity (Wildman–Crippen MR) is 83.7 cm³/mol. The Morgan fingerprint density at radius 1 is 1.30 bits per heavy atom. The lowest BCUT2D eigenvalue weighted by molar-refractivity contribution is -0.117. The topological polar surface area (TPSA) is 55.1 Å². The number of nitrogens with two attached hydrogens (primary N) is 1. The van der Waals surface area contributed by atoms with Gasteiger partial charge in [0.2, 0.25) is 5.91 Å². The second kappa shape index (κ2) is 6.89. The quantitative estimate of drug-likeness (QED) is 0.837. The van der Waals surface area contributed by atoms with Crippen molar-refractivity contribution in [3.63, 3.8) is 0 Å². The van der Waals surface area contributed by atoms with Crippen LogP contribution in [-0.2, 0) is 17.6 Å². The summed E-state index contributed by atoms with van der Waals surface area (Å²) in [5.41, 5.74) is 9.51. The first-order chi connectivity index (χ1) is 9.58. The van der Waals surface area contributed by atoms with Gasteiger partial charge < -0.3 is 11.1 Å². The molecule has 0 saturated heterocycles. The van der Waals surface area contributed by atoms with Crippen LogP contribution in [0.3, 0.4) is 0 Å². The molecule has 3 heteroatoms. The van der Waals surface area contributed by atoms with E-state index in [1.807, 2.05) is 6.07 Å². The maximum Gasteiger partial charge on any atom is 0.224 e. The number of fused-ring (bicyclic) bond motifs is 1. The lowest BCUT2D eigenvalue weighted by Gasteiger charge is -2.16. The average molecular weight is 274 g/mol. The smallest absolute Gasteiger partial charge is 0.224 e. The highest BCUT2D eigenvalue weighted by molar-refractivity contribution is 5.91. The van der Waals surface area contributed by atoms with E-state index >= 15 is 0 Å². The Labute approximate surface area is 121 Å². The Balaban J connectivity index is 1.90. The standard InChI is InChI=1S/C17H26N2O/c1-12(2)8-13(11-18)9-17(20)19-16-7-6-14-4-3-5-15(14)10-16/h6-7,10,12-13H,3-5,8-9,11,18H2,1-2H3,(H,19,20). The number of carbonyl (C=O) groups excluding carboxylic acids is 1. The fourth-order valence-corrected chi connectivity index (χ4v) is 3.05. The largest absolute Gasteiger partial charge is 0.330 e. The van der Waals surface area contributed by atoms with E-state index in [0.29, 0.717) is 18.9 Å². The van der Waals surface area contributed by atoms with Crippen LogP contribution in [-0.4, -0.2) is 12.5 Å². The molecular weight excluding hydrogens is 248 g/mol. The number of amides is 1. The van der Waals surface area contributed by atoms with Crippen LogP contribution in [0.1, 0.15) is 44.2 Å². The van der Waals surface area contributed by atoms with Crippen LogP contribution in [0.15, 0.2) is 18.2 Å². The van der Waals surface area contributed by atoms with Gasteiger partial charge in [0, 0.05) is 12.1 Å². The highest BCUT2D eigenvalue weighted by atomic mass is 16.1. The molecular formula is C17H26N2O.